The lowest BCUT2D eigenvalue weighted by molar-refractivity contribution is 0.0993. The third-order valence-corrected chi connectivity index (χ3v) is 2.41. The maximum atomic E-state index is 11.6. The van der Waals surface area contributed by atoms with Crippen molar-refractivity contribution in [2.45, 2.75) is 0 Å². The molecule has 1 N–H and O–H groups in total. The number of nitrogens with one attached hydrogen (secondary N) is 1. The molecular weight excluding hydrogens is 212 g/mol. The van der Waals surface area contributed by atoms with E-state index >= 15 is 0 Å². The van der Waals surface area contributed by atoms with Gasteiger partial charge in [0.15, 0.2) is 5.78 Å². The summed E-state index contributed by atoms with van der Waals surface area (Å²) < 4.78 is 0. The van der Waals surface area contributed by atoms with Gasteiger partial charge in [0.1, 0.15) is 0 Å². The SMILES string of the molecule is CNCC(=O)c1ccc(Cl)c(N(C)C)c1. The molecule has 0 bridgehead atoms. The molecule has 0 radical (unpaired) electrons. The maximum absolute atomic E-state index is 11.6. The summed E-state index contributed by atoms with van der Waals surface area (Å²) in [5, 5.41) is 3.49. The third-order valence-electron chi connectivity index (χ3n) is 2.09. The van der Waals surface area contributed by atoms with Crippen molar-refractivity contribution in [2.75, 3.05) is 32.6 Å². The summed E-state index contributed by atoms with van der Waals surface area (Å²) >= 11 is 6.00. The van der Waals surface area contributed by atoms with Gasteiger partial charge in [0.25, 0.3) is 0 Å². The Bertz CT molecular complexity index is 364. The van der Waals surface area contributed by atoms with Gasteiger partial charge in [-0.3, -0.25) is 4.79 Å². The molecule has 0 aliphatic rings. The van der Waals surface area contributed by atoms with Crippen molar-refractivity contribution in [1.29, 1.82) is 0 Å². The van der Waals surface area contributed by atoms with Gasteiger partial charge in [0.05, 0.1) is 17.3 Å². The smallest absolute Gasteiger partial charge is 0.176 e. The summed E-state index contributed by atoms with van der Waals surface area (Å²) in [6, 6.07) is 5.30. The van der Waals surface area contributed by atoms with Crippen LogP contribution in [-0.2, 0) is 0 Å². The molecule has 82 valence electrons. The van der Waals surface area contributed by atoms with Crippen molar-refractivity contribution >= 4 is 23.1 Å². The van der Waals surface area contributed by atoms with Crippen molar-refractivity contribution in [3.8, 4) is 0 Å². The topological polar surface area (TPSA) is 32.3 Å². The van der Waals surface area contributed by atoms with Gasteiger partial charge in [0.2, 0.25) is 0 Å². The Morgan fingerprint density at radius 2 is 2.13 bits per heavy atom. The van der Waals surface area contributed by atoms with Crippen LogP contribution in [-0.4, -0.2) is 33.5 Å². The highest BCUT2D eigenvalue weighted by Crippen LogP contribution is 2.25. The van der Waals surface area contributed by atoms with E-state index in [1.807, 2.05) is 25.1 Å². The number of likely N-dealkylation sites (N-methyl/N-ethyl adjacent to an activating group) is 1. The van der Waals surface area contributed by atoms with E-state index in [9.17, 15) is 4.79 Å². The third kappa shape index (κ3) is 2.94. The van der Waals surface area contributed by atoms with Crippen LogP contribution >= 0.6 is 11.6 Å². The summed E-state index contributed by atoms with van der Waals surface area (Å²) in [6.07, 6.45) is 0. The lowest BCUT2D eigenvalue weighted by atomic mass is 10.1. The summed E-state index contributed by atoms with van der Waals surface area (Å²) in [5.74, 6) is 0.0669. The minimum atomic E-state index is 0.0669. The Balaban J connectivity index is 3.02. The molecule has 0 aliphatic heterocycles. The minimum absolute atomic E-state index is 0.0669. The fourth-order valence-corrected chi connectivity index (χ4v) is 1.58. The zero-order valence-corrected chi connectivity index (χ0v) is 9.93. The Morgan fingerprint density at radius 1 is 1.47 bits per heavy atom. The van der Waals surface area contributed by atoms with Gasteiger partial charge >= 0.3 is 0 Å². The molecule has 0 atom stereocenters. The fraction of sp³-hybridized carbons (Fsp3) is 0.364. The van der Waals surface area contributed by atoms with Gasteiger partial charge < -0.3 is 10.2 Å². The largest absolute Gasteiger partial charge is 0.376 e. The monoisotopic (exact) mass is 226 g/mol. The molecule has 0 aromatic heterocycles. The predicted octanol–water partition coefficient (Wildman–Crippen LogP) is 1.81. The van der Waals surface area contributed by atoms with Crippen LogP contribution in [0.25, 0.3) is 0 Å². The highest BCUT2D eigenvalue weighted by Gasteiger charge is 2.09. The quantitative estimate of drug-likeness (QED) is 0.795. The molecule has 0 amide bonds. The van der Waals surface area contributed by atoms with Crippen molar-refractivity contribution in [3.05, 3.63) is 28.8 Å². The second kappa shape index (κ2) is 5.14. The lowest BCUT2D eigenvalue weighted by Gasteiger charge is -2.15. The molecule has 0 heterocycles. The number of hydrogen-bond acceptors (Lipinski definition) is 3. The first-order chi connectivity index (χ1) is 7.06. The molecule has 1 rings (SSSR count). The number of anilines is 1. The second-order valence-electron chi connectivity index (χ2n) is 3.51. The molecule has 15 heavy (non-hydrogen) atoms. The van der Waals surface area contributed by atoms with Crippen LogP contribution in [0.15, 0.2) is 18.2 Å². The second-order valence-corrected chi connectivity index (χ2v) is 3.92. The Morgan fingerprint density at radius 3 is 2.67 bits per heavy atom. The molecule has 4 heteroatoms. The van der Waals surface area contributed by atoms with Crippen molar-refractivity contribution in [1.82, 2.24) is 5.32 Å². The normalized spacial score (nSPS) is 10.1. The van der Waals surface area contributed by atoms with E-state index in [1.165, 1.54) is 0 Å². The summed E-state index contributed by atoms with van der Waals surface area (Å²) in [6.45, 7) is 0.342. The van der Waals surface area contributed by atoms with Gasteiger partial charge in [-0.15, -0.1) is 0 Å². The number of rotatable bonds is 4. The molecule has 1 aromatic carbocycles. The van der Waals surface area contributed by atoms with E-state index in [4.69, 9.17) is 11.6 Å². The molecule has 0 spiro atoms. The van der Waals surface area contributed by atoms with E-state index in [1.54, 1.807) is 19.2 Å². The van der Waals surface area contributed by atoms with E-state index in [0.29, 0.717) is 17.1 Å². The summed E-state index contributed by atoms with van der Waals surface area (Å²) in [7, 11) is 5.54. The van der Waals surface area contributed by atoms with Crippen LogP contribution in [0.4, 0.5) is 5.69 Å². The van der Waals surface area contributed by atoms with Gasteiger partial charge in [-0.1, -0.05) is 11.6 Å². The zero-order chi connectivity index (χ0) is 11.4. The number of carbonyl (C=O) groups excluding carboxylic acids is 1. The highest BCUT2D eigenvalue weighted by molar-refractivity contribution is 6.33. The number of halogens is 1. The maximum Gasteiger partial charge on any atom is 0.176 e. The first-order valence-electron chi connectivity index (χ1n) is 4.71. The molecule has 0 fully saturated rings. The number of benzene rings is 1. The van der Waals surface area contributed by atoms with Gasteiger partial charge in [0, 0.05) is 19.7 Å². The molecular formula is C11H15ClN2O. The molecule has 0 unspecified atom stereocenters. The van der Waals surface area contributed by atoms with Gasteiger partial charge in [-0.25, -0.2) is 0 Å². The molecule has 0 saturated heterocycles. The van der Waals surface area contributed by atoms with E-state index < -0.39 is 0 Å². The first kappa shape index (κ1) is 12.0. The Labute approximate surface area is 95.0 Å². The van der Waals surface area contributed by atoms with Gasteiger partial charge in [-0.2, -0.15) is 0 Å². The van der Waals surface area contributed by atoms with Crippen LogP contribution < -0.4 is 10.2 Å². The number of nitrogens with zero attached hydrogens (tertiary/aromatic N) is 1. The van der Waals surface area contributed by atoms with E-state index in [0.717, 1.165) is 5.69 Å². The molecule has 0 aliphatic carbocycles. The summed E-state index contributed by atoms with van der Waals surface area (Å²) in [5.41, 5.74) is 1.54. The number of ketones is 1. The predicted molar refractivity (Wildman–Crippen MR) is 64.0 cm³/mol. The molecule has 3 nitrogen and oxygen atoms in total. The highest BCUT2D eigenvalue weighted by atomic mass is 35.5. The Kier molecular flexibility index (Phi) is 4.12. The van der Waals surface area contributed by atoms with E-state index in [2.05, 4.69) is 5.32 Å². The molecule has 1 aromatic rings. The van der Waals surface area contributed by atoms with Gasteiger partial charge in [-0.05, 0) is 25.2 Å². The van der Waals surface area contributed by atoms with Crippen molar-refractivity contribution < 1.29 is 4.79 Å². The zero-order valence-electron chi connectivity index (χ0n) is 9.17. The van der Waals surface area contributed by atoms with Crippen molar-refractivity contribution in [3.63, 3.8) is 0 Å². The van der Waals surface area contributed by atoms with E-state index in [-0.39, 0.29) is 5.78 Å². The standard InChI is InChI=1S/C11H15ClN2O/c1-13-7-11(15)8-4-5-9(12)10(6-8)14(2)3/h4-6,13H,7H2,1-3H3. The summed E-state index contributed by atoms with van der Waals surface area (Å²) in [4.78, 5) is 13.5. The number of hydrogen-bond donors (Lipinski definition) is 1. The van der Waals surface area contributed by atoms with Crippen molar-refractivity contribution in [2.24, 2.45) is 0 Å². The fourth-order valence-electron chi connectivity index (χ4n) is 1.29. The van der Waals surface area contributed by atoms with Crippen LogP contribution in [0.5, 0.6) is 0 Å². The Hall–Kier alpha value is -1.06. The number of carbonyl (C=O) groups is 1. The average molecular weight is 227 g/mol. The lowest BCUT2D eigenvalue weighted by Crippen LogP contribution is -2.19. The van der Waals surface area contributed by atoms with Crippen LogP contribution in [0, 0.1) is 0 Å². The van der Waals surface area contributed by atoms with Crippen LogP contribution in [0.1, 0.15) is 10.4 Å². The minimum Gasteiger partial charge on any atom is -0.376 e. The first-order valence-corrected chi connectivity index (χ1v) is 5.08. The molecule has 0 saturated carbocycles. The number of Topliss-reactive ketones (excluding diaryl/α,β-unsaturated/α-hetero) is 1. The van der Waals surface area contributed by atoms with Crippen LogP contribution in [0.3, 0.4) is 0 Å². The van der Waals surface area contributed by atoms with Crippen LogP contribution in [0.2, 0.25) is 5.02 Å². The average Bonchev–Trinajstić information content (AvgIpc) is 2.18.